The van der Waals surface area contributed by atoms with Crippen molar-refractivity contribution in [3.63, 3.8) is 0 Å². The quantitative estimate of drug-likeness (QED) is 0.694. The second-order valence-electron chi connectivity index (χ2n) is 5.22. The number of rotatable bonds is 3. The van der Waals surface area contributed by atoms with E-state index in [0.29, 0.717) is 29.3 Å². The van der Waals surface area contributed by atoms with Crippen LogP contribution in [0.3, 0.4) is 0 Å². The zero-order chi connectivity index (χ0) is 16.3. The normalized spacial score (nSPS) is 11.6. The maximum absolute atomic E-state index is 12.9. The number of nitrogens with one attached hydrogen (secondary N) is 1. The molecule has 0 radical (unpaired) electrons. The minimum absolute atomic E-state index is 0.223. The monoisotopic (exact) mass is 302 g/mol. The zero-order valence-electron chi connectivity index (χ0n) is 13.1. The average Bonchev–Trinajstić information content (AvgIpc) is 2.45. The molecule has 0 unspecified atom stereocenters. The molecule has 1 aromatic carbocycles. The van der Waals surface area contributed by atoms with Crippen LogP contribution in [0.5, 0.6) is 0 Å². The van der Waals surface area contributed by atoms with E-state index in [2.05, 4.69) is 15.0 Å². The Labute approximate surface area is 128 Å². The van der Waals surface area contributed by atoms with Crippen molar-refractivity contribution in [1.82, 2.24) is 14.9 Å². The first-order valence-corrected chi connectivity index (χ1v) is 6.91. The molecule has 116 valence electrons. The molecule has 1 aromatic heterocycles. The Hall–Kier alpha value is -2.50. The van der Waals surface area contributed by atoms with Gasteiger partial charge in [-0.05, 0) is 24.6 Å². The van der Waals surface area contributed by atoms with Gasteiger partial charge in [0.2, 0.25) is 0 Å². The molecule has 0 aliphatic carbocycles. The van der Waals surface area contributed by atoms with Crippen molar-refractivity contribution in [3.8, 4) is 0 Å². The van der Waals surface area contributed by atoms with Gasteiger partial charge in [-0.3, -0.25) is 9.79 Å². The summed E-state index contributed by atoms with van der Waals surface area (Å²) in [6.45, 7) is 1.79. The second-order valence-corrected chi connectivity index (χ2v) is 5.22. The molecule has 0 fully saturated rings. The van der Waals surface area contributed by atoms with E-state index < -0.39 is 0 Å². The Kier molecular flexibility index (Phi) is 4.70. The van der Waals surface area contributed by atoms with Gasteiger partial charge in [0, 0.05) is 27.6 Å². The zero-order valence-corrected chi connectivity index (χ0v) is 13.1. The third kappa shape index (κ3) is 3.39. The largest absolute Gasteiger partial charge is 0.362 e. The molecule has 1 heterocycles. The summed E-state index contributed by atoms with van der Waals surface area (Å²) in [4.78, 5) is 25.5. The molecule has 0 aliphatic heterocycles. The number of benzene rings is 1. The Morgan fingerprint density at radius 3 is 2.45 bits per heavy atom. The standard InChI is InChI=1S/C16H19FN4O/c1-10-14(15(18-2)21(3)4)16(22)20-13(19-10)9-11-5-7-12(17)8-6-11/h5-8H,9H2,1-4H3,(H,19,20,22). The molecule has 0 bridgehead atoms. The lowest BCUT2D eigenvalue weighted by molar-refractivity contribution is 0.620. The maximum atomic E-state index is 12.9. The Bertz CT molecular complexity index is 748. The van der Waals surface area contributed by atoms with Crippen LogP contribution in [0, 0.1) is 12.7 Å². The minimum Gasteiger partial charge on any atom is -0.362 e. The molecule has 22 heavy (non-hydrogen) atoms. The maximum Gasteiger partial charge on any atom is 0.262 e. The Morgan fingerprint density at radius 2 is 1.95 bits per heavy atom. The lowest BCUT2D eigenvalue weighted by atomic mass is 10.1. The molecule has 2 aromatic rings. The summed E-state index contributed by atoms with van der Waals surface area (Å²) in [6.07, 6.45) is 0.442. The average molecular weight is 302 g/mol. The van der Waals surface area contributed by atoms with E-state index >= 15 is 0 Å². The van der Waals surface area contributed by atoms with E-state index in [4.69, 9.17) is 0 Å². The van der Waals surface area contributed by atoms with E-state index in [0.717, 1.165) is 5.56 Å². The summed E-state index contributed by atoms with van der Waals surface area (Å²) in [5, 5.41) is 0. The number of hydrogen-bond acceptors (Lipinski definition) is 3. The topological polar surface area (TPSA) is 61.4 Å². The van der Waals surface area contributed by atoms with Crippen molar-refractivity contribution < 1.29 is 4.39 Å². The van der Waals surface area contributed by atoms with E-state index in [1.54, 1.807) is 31.0 Å². The van der Waals surface area contributed by atoms with Crippen molar-refractivity contribution in [1.29, 1.82) is 0 Å². The number of aryl methyl sites for hydroxylation is 1. The van der Waals surface area contributed by atoms with Crippen LogP contribution in [0.25, 0.3) is 0 Å². The smallest absolute Gasteiger partial charge is 0.262 e. The molecule has 1 N–H and O–H groups in total. The first kappa shape index (κ1) is 15.9. The molecule has 0 saturated heterocycles. The molecule has 0 spiro atoms. The number of nitrogens with zero attached hydrogens (tertiary/aromatic N) is 3. The molecule has 2 rings (SSSR count). The number of hydrogen-bond donors (Lipinski definition) is 1. The fourth-order valence-electron chi connectivity index (χ4n) is 2.32. The van der Waals surface area contributed by atoms with Crippen LogP contribution >= 0.6 is 0 Å². The van der Waals surface area contributed by atoms with Crippen LogP contribution in [0.15, 0.2) is 34.1 Å². The van der Waals surface area contributed by atoms with Gasteiger partial charge < -0.3 is 9.88 Å². The molecule has 5 nitrogen and oxygen atoms in total. The van der Waals surface area contributed by atoms with Gasteiger partial charge in [0.25, 0.3) is 5.56 Å². The van der Waals surface area contributed by atoms with E-state index in [-0.39, 0.29) is 11.4 Å². The molecule has 0 saturated carbocycles. The summed E-state index contributed by atoms with van der Waals surface area (Å²) in [5.74, 6) is 0.846. The highest BCUT2D eigenvalue weighted by Gasteiger charge is 2.15. The highest BCUT2D eigenvalue weighted by molar-refractivity contribution is 5.98. The van der Waals surface area contributed by atoms with Crippen molar-refractivity contribution in [2.24, 2.45) is 4.99 Å². The minimum atomic E-state index is -0.286. The van der Waals surface area contributed by atoms with Gasteiger partial charge in [0.05, 0.1) is 5.69 Å². The second kappa shape index (κ2) is 6.51. The molecular weight excluding hydrogens is 283 g/mol. The summed E-state index contributed by atoms with van der Waals surface area (Å²) >= 11 is 0. The van der Waals surface area contributed by atoms with Gasteiger partial charge in [0.1, 0.15) is 23.0 Å². The summed E-state index contributed by atoms with van der Waals surface area (Å²) in [7, 11) is 5.29. The fraction of sp³-hybridized carbons (Fsp3) is 0.312. The first-order valence-electron chi connectivity index (χ1n) is 6.91. The van der Waals surface area contributed by atoms with Crippen molar-refractivity contribution >= 4 is 5.84 Å². The van der Waals surface area contributed by atoms with Crippen LogP contribution in [0.2, 0.25) is 0 Å². The van der Waals surface area contributed by atoms with Crippen LogP contribution in [-0.4, -0.2) is 41.8 Å². The van der Waals surface area contributed by atoms with Crippen LogP contribution in [0.4, 0.5) is 4.39 Å². The third-order valence-electron chi connectivity index (χ3n) is 3.29. The van der Waals surface area contributed by atoms with Crippen LogP contribution in [0.1, 0.15) is 22.6 Å². The van der Waals surface area contributed by atoms with Crippen molar-refractivity contribution in [3.05, 3.63) is 63.1 Å². The lowest BCUT2D eigenvalue weighted by Gasteiger charge is -2.16. The number of aliphatic imine (C=N–C) groups is 1. The number of halogens is 1. The van der Waals surface area contributed by atoms with Crippen molar-refractivity contribution in [2.45, 2.75) is 13.3 Å². The predicted octanol–water partition coefficient (Wildman–Crippen LogP) is 1.75. The van der Waals surface area contributed by atoms with E-state index in [1.807, 2.05) is 14.1 Å². The van der Waals surface area contributed by atoms with Gasteiger partial charge in [-0.1, -0.05) is 12.1 Å². The van der Waals surface area contributed by atoms with Gasteiger partial charge >= 0.3 is 0 Å². The van der Waals surface area contributed by atoms with Crippen LogP contribution < -0.4 is 5.56 Å². The van der Waals surface area contributed by atoms with Crippen molar-refractivity contribution in [2.75, 3.05) is 21.1 Å². The molecule has 0 amide bonds. The van der Waals surface area contributed by atoms with Gasteiger partial charge in [-0.25, -0.2) is 9.37 Å². The number of aromatic nitrogens is 2. The lowest BCUT2D eigenvalue weighted by Crippen LogP contribution is -2.32. The SMILES string of the molecule is CN=C(c1c(C)nc(Cc2ccc(F)cc2)[nH]c1=O)N(C)C. The highest BCUT2D eigenvalue weighted by atomic mass is 19.1. The molecule has 6 heteroatoms. The number of H-pyrrole nitrogens is 1. The Morgan fingerprint density at radius 1 is 1.32 bits per heavy atom. The van der Waals surface area contributed by atoms with Gasteiger partial charge in [0.15, 0.2) is 0 Å². The molecule has 0 aliphatic rings. The van der Waals surface area contributed by atoms with E-state index in [1.165, 1.54) is 12.1 Å². The number of amidine groups is 1. The molecular formula is C16H19FN4O. The first-order chi connectivity index (χ1) is 10.4. The predicted molar refractivity (Wildman–Crippen MR) is 84.9 cm³/mol. The van der Waals surface area contributed by atoms with Gasteiger partial charge in [-0.2, -0.15) is 0 Å². The van der Waals surface area contributed by atoms with Crippen LogP contribution in [-0.2, 0) is 6.42 Å². The number of aromatic amines is 1. The van der Waals surface area contributed by atoms with E-state index in [9.17, 15) is 9.18 Å². The highest BCUT2D eigenvalue weighted by Crippen LogP contribution is 2.09. The third-order valence-corrected chi connectivity index (χ3v) is 3.29. The molecule has 0 atom stereocenters. The summed E-state index contributed by atoms with van der Waals surface area (Å²) in [5.41, 5.74) is 1.75. The summed E-state index contributed by atoms with van der Waals surface area (Å²) in [6, 6.07) is 6.14. The Balaban J connectivity index is 2.38. The fourth-order valence-corrected chi connectivity index (χ4v) is 2.32. The summed E-state index contributed by atoms with van der Waals surface area (Å²) < 4.78 is 12.9. The van der Waals surface area contributed by atoms with Gasteiger partial charge in [-0.15, -0.1) is 0 Å².